The molecule has 3 nitrogen and oxygen atoms in total. The van der Waals surface area contributed by atoms with Gasteiger partial charge in [0.15, 0.2) is 0 Å². The minimum absolute atomic E-state index is 0.301. The average Bonchev–Trinajstić information content (AvgIpc) is 2.44. The van der Waals surface area contributed by atoms with E-state index in [2.05, 4.69) is 20.8 Å². The Morgan fingerprint density at radius 1 is 1.14 bits per heavy atom. The smallest absolute Gasteiger partial charge is 0.127 e. The zero-order valence-corrected chi connectivity index (χ0v) is 13.6. The van der Waals surface area contributed by atoms with E-state index in [-0.39, 0.29) is 0 Å². The first-order valence-electron chi connectivity index (χ1n) is 8.24. The first kappa shape index (κ1) is 16.2. The van der Waals surface area contributed by atoms with Gasteiger partial charge in [0.2, 0.25) is 0 Å². The molecule has 2 rings (SSSR count). The lowest BCUT2D eigenvalue weighted by molar-refractivity contribution is 0.0998. The Labute approximate surface area is 128 Å². The second kappa shape index (κ2) is 7.69. The Bertz CT molecular complexity index is 437. The van der Waals surface area contributed by atoms with Gasteiger partial charge >= 0.3 is 0 Å². The van der Waals surface area contributed by atoms with Crippen LogP contribution in [0, 0.1) is 11.8 Å². The van der Waals surface area contributed by atoms with Crippen LogP contribution in [0.25, 0.3) is 0 Å². The van der Waals surface area contributed by atoms with Crippen molar-refractivity contribution in [3.63, 3.8) is 0 Å². The third kappa shape index (κ3) is 4.63. The summed E-state index contributed by atoms with van der Waals surface area (Å²) in [5, 5.41) is 0. The van der Waals surface area contributed by atoms with Crippen molar-refractivity contribution in [1.82, 2.24) is 0 Å². The molecular weight excluding hydrogens is 262 g/mol. The molecule has 1 aliphatic carbocycles. The fourth-order valence-electron chi connectivity index (χ4n) is 3.27. The van der Waals surface area contributed by atoms with Gasteiger partial charge in [-0.15, -0.1) is 0 Å². The number of rotatable bonds is 6. The Morgan fingerprint density at radius 2 is 1.86 bits per heavy atom. The second-order valence-corrected chi connectivity index (χ2v) is 6.48. The lowest BCUT2D eigenvalue weighted by atomic mass is 9.82. The van der Waals surface area contributed by atoms with Gasteiger partial charge in [-0.25, -0.2) is 0 Å². The van der Waals surface area contributed by atoms with Gasteiger partial charge in [0, 0.05) is 18.2 Å². The van der Waals surface area contributed by atoms with E-state index in [4.69, 9.17) is 15.2 Å². The van der Waals surface area contributed by atoms with E-state index < -0.39 is 0 Å². The summed E-state index contributed by atoms with van der Waals surface area (Å²) in [4.78, 5) is 0. The van der Waals surface area contributed by atoms with Crippen molar-refractivity contribution >= 4 is 0 Å². The predicted molar refractivity (Wildman–Crippen MR) is 86.7 cm³/mol. The van der Waals surface area contributed by atoms with Gasteiger partial charge < -0.3 is 15.2 Å². The number of benzene rings is 1. The van der Waals surface area contributed by atoms with Gasteiger partial charge in [-0.05, 0) is 43.6 Å². The van der Waals surface area contributed by atoms with Crippen molar-refractivity contribution in [3.8, 4) is 11.5 Å². The van der Waals surface area contributed by atoms with Crippen LogP contribution in [-0.4, -0.2) is 12.7 Å². The topological polar surface area (TPSA) is 44.5 Å². The summed E-state index contributed by atoms with van der Waals surface area (Å²) in [6.07, 6.45) is 4.88. The van der Waals surface area contributed by atoms with Crippen molar-refractivity contribution in [1.29, 1.82) is 0 Å². The van der Waals surface area contributed by atoms with Gasteiger partial charge in [-0.3, -0.25) is 0 Å². The molecule has 21 heavy (non-hydrogen) atoms. The quantitative estimate of drug-likeness (QED) is 0.856. The third-order valence-electron chi connectivity index (χ3n) is 4.16. The normalized spacial score (nSPS) is 25.6. The van der Waals surface area contributed by atoms with E-state index in [1.165, 1.54) is 6.42 Å². The van der Waals surface area contributed by atoms with Crippen molar-refractivity contribution < 1.29 is 9.47 Å². The fourth-order valence-corrected chi connectivity index (χ4v) is 3.27. The third-order valence-corrected chi connectivity index (χ3v) is 4.16. The van der Waals surface area contributed by atoms with Crippen LogP contribution >= 0.6 is 0 Å². The molecule has 0 aromatic heterocycles. The van der Waals surface area contributed by atoms with Crippen molar-refractivity contribution in [2.45, 2.75) is 59.1 Å². The highest BCUT2D eigenvalue weighted by Gasteiger charge is 2.25. The van der Waals surface area contributed by atoms with Crippen LogP contribution in [0.5, 0.6) is 11.5 Å². The van der Waals surface area contributed by atoms with Gasteiger partial charge in [0.25, 0.3) is 0 Å². The molecule has 1 aromatic rings. The molecule has 2 N–H and O–H groups in total. The highest BCUT2D eigenvalue weighted by atomic mass is 16.5. The molecule has 2 atom stereocenters. The summed E-state index contributed by atoms with van der Waals surface area (Å²) in [5.41, 5.74) is 6.90. The van der Waals surface area contributed by atoms with Gasteiger partial charge in [0.05, 0.1) is 12.7 Å². The lowest BCUT2D eigenvalue weighted by Crippen LogP contribution is -2.28. The van der Waals surface area contributed by atoms with E-state index in [1.54, 1.807) is 0 Å². The van der Waals surface area contributed by atoms with Crippen LogP contribution in [0.3, 0.4) is 0 Å². The first-order valence-corrected chi connectivity index (χ1v) is 8.24. The molecular formula is C18H29NO2. The van der Waals surface area contributed by atoms with Crippen LogP contribution in [-0.2, 0) is 6.54 Å². The van der Waals surface area contributed by atoms with E-state index in [1.807, 2.05) is 18.2 Å². The molecule has 118 valence electrons. The fraction of sp³-hybridized carbons (Fsp3) is 0.667. The van der Waals surface area contributed by atoms with Crippen LogP contribution in [0.4, 0.5) is 0 Å². The molecule has 0 spiro atoms. The summed E-state index contributed by atoms with van der Waals surface area (Å²) >= 11 is 0. The first-order chi connectivity index (χ1) is 10.1. The van der Waals surface area contributed by atoms with E-state index >= 15 is 0 Å². The number of ether oxygens (including phenoxy) is 2. The van der Waals surface area contributed by atoms with E-state index in [0.29, 0.717) is 12.6 Å². The van der Waals surface area contributed by atoms with Crippen LogP contribution in [0.2, 0.25) is 0 Å². The molecule has 0 radical (unpaired) electrons. The molecule has 1 aromatic carbocycles. The lowest BCUT2D eigenvalue weighted by Gasteiger charge is -2.32. The minimum Gasteiger partial charge on any atom is -0.493 e. The molecule has 1 aliphatic rings. The SMILES string of the molecule is CCCOc1ccc(CN)c(OC2CC(C)CC(C)C2)c1. The summed E-state index contributed by atoms with van der Waals surface area (Å²) in [5.74, 6) is 3.25. The Morgan fingerprint density at radius 3 is 2.48 bits per heavy atom. The van der Waals surface area contributed by atoms with Crippen molar-refractivity contribution in [2.24, 2.45) is 17.6 Å². The van der Waals surface area contributed by atoms with E-state index in [0.717, 1.165) is 54.8 Å². The molecule has 3 heteroatoms. The van der Waals surface area contributed by atoms with Gasteiger partial charge in [0.1, 0.15) is 11.5 Å². The van der Waals surface area contributed by atoms with Crippen molar-refractivity contribution in [3.05, 3.63) is 23.8 Å². The zero-order valence-electron chi connectivity index (χ0n) is 13.6. The molecule has 1 saturated carbocycles. The number of hydrogen-bond acceptors (Lipinski definition) is 3. The van der Waals surface area contributed by atoms with Crippen LogP contribution in [0.1, 0.15) is 52.0 Å². The number of hydrogen-bond donors (Lipinski definition) is 1. The van der Waals surface area contributed by atoms with Crippen LogP contribution in [0.15, 0.2) is 18.2 Å². The van der Waals surface area contributed by atoms with Gasteiger partial charge in [-0.1, -0.05) is 26.8 Å². The molecule has 2 unspecified atom stereocenters. The predicted octanol–water partition coefficient (Wildman–Crippen LogP) is 4.14. The Hall–Kier alpha value is -1.22. The number of nitrogens with two attached hydrogens (primary N) is 1. The highest BCUT2D eigenvalue weighted by Crippen LogP contribution is 2.33. The summed E-state index contributed by atoms with van der Waals surface area (Å²) in [6.45, 7) is 7.98. The largest absolute Gasteiger partial charge is 0.493 e. The monoisotopic (exact) mass is 291 g/mol. The Kier molecular flexibility index (Phi) is 5.92. The molecule has 0 amide bonds. The highest BCUT2D eigenvalue weighted by molar-refractivity contribution is 5.40. The maximum atomic E-state index is 6.28. The summed E-state index contributed by atoms with van der Waals surface area (Å²) in [6, 6.07) is 6.01. The standard InChI is InChI=1S/C18H29NO2/c1-4-7-20-16-6-5-15(12-19)18(11-16)21-17-9-13(2)8-14(3)10-17/h5-6,11,13-14,17H,4,7-10,12,19H2,1-3H3. The summed E-state index contributed by atoms with van der Waals surface area (Å²) in [7, 11) is 0. The minimum atomic E-state index is 0.301. The molecule has 0 heterocycles. The van der Waals surface area contributed by atoms with Gasteiger partial charge in [-0.2, -0.15) is 0 Å². The molecule has 0 bridgehead atoms. The molecule has 1 fully saturated rings. The van der Waals surface area contributed by atoms with E-state index in [9.17, 15) is 0 Å². The molecule has 0 aliphatic heterocycles. The maximum absolute atomic E-state index is 6.28. The molecule has 0 saturated heterocycles. The summed E-state index contributed by atoms with van der Waals surface area (Å²) < 4.78 is 12.0. The van der Waals surface area contributed by atoms with Crippen molar-refractivity contribution in [2.75, 3.05) is 6.61 Å². The van der Waals surface area contributed by atoms with Crippen LogP contribution < -0.4 is 15.2 Å². The Balaban J connectivity index is 2.09. The average molecular weight is 291 g/mol. The zero-order chi connectivity index (χ0) is 15.2. The maximum Gasteiger partial charge on any atom is 0.127 e. The second-order valence-electron chi connectivity index (χ2n) is 6.48.